The molecule has 0 radical (unpaired) electrons. The fraction of sp³-hybridized carbons (Fsp3) is 0.857. The SMILES string of the molecule is CCON=C1CCC(C(C#N)CCCC(F)(F)F)CC1. The first-order chi connectivity index (χ1) is 9.46. The fourth-order valence-electron chi connectivity index (χ4n) is 2.55. The van der Waals surface area contributed by atoms with Crippen molar-refractivity contribution in [3.05, 3.63) is 0 Å². The van der Waals surface area contributed by atoms with E-state index in [0.29, 0.717) is 13.0 Å². The molecule has 1 aliphatic rings. The Balaban J connectivity index is 2.36. The lowest BCUT2D eigenvalue weighted by Gasteiger charge is -2.26. The monoisotopic (exact) mass is 290 g/mol. The summed E-state index contributed by atoms with van der Waals surface area (Å²) in [5, 5.41) is 13.1. The van der Waals surface area contributed by atoms with E-state index in [2.05, 4.69) is 11.2 Å². The van der Waals surface area contributed by atoms with Crippen molar-refractivity contribution in [3.63, 3.8) is 0 Å². The molecule has 0 aromatic carbocycles. The van der Waals surface area contributed by atoms with Gasteiger partial charge < -0.3 is 4.84 Å². The van der Waals surface area contributed by atoms with Crippen LogP contribution >= 0.6 is 0 Å². The van der Waals surface area contributed by atoms with Gasteiger partial charge in [-0.1, -0.05) is 5.16 Å². The van der Waals surface area contributed by atoms with Crippen LogP contribution in [0.25, 0.3) is 0 Å². The number of alkyl halides is 3. The third-order valence-corrected chi connectivity index (χ3v) is 3.64. The van der Waals surface area contributed by atoms with Crippen molar-refractivity contribution in [2.24, 2.45) is 17.0 Å². The van der Waals surface area contributed by atoms with E-state index < -0.39 is 12.6 Å². The maximum atomic E-state index is 12.1. The van der Waals surface area contributed by atoms with Gasteiger partial charge in [0.25, 0.3) is 0 Å². The second kappa shape index (κ2) is 8.13. The van der Waals surface area contributed by atoms with Gasteiger partial charge in [0.1, 0.15) is 6.61 Å². The minimum atomic E-state index is -4.12. The zero-order chi connectivity index (χ0) is 15.0. The number of hydrogen-bond acceptors (Lipinski definition) is 3. The molecule has 114 valence electrons. The number of nitrogens with zero attached hydrogens (tertiary/aromatic N) is 2. The quantitative estimate of drug-likeness (QED) is 0.679. The van der Waals surface area contributed by atoms with Gasteiger partial charge >= 0.3 is 6.18 Å². The van der Waals surface area contributed by atoms with Gasteiger partial charge in [-0.3, -0.25) is 0 Å². The minimum absolute atomic E-state index is 0.0398. The second-order valence-corrected chi connectivity index (χ2v) is 5.16. The van der Waals surface area contributed by atoms with Crippen molar-refractivity contribution < 1.29 is 18.0 Å². The molecule has 0 aromatic heterocycles. The third kappa shape index (κ3) is 6.27. The Hall–Kier alpha value is -1.25. The Morgan fingerprint density at radius 2 is 2.05 bits per heavy atom. The topological polar surface area (TPSA) is 45.4 Å². The molecule has 20 heavy (non-hydrogen) atoms. The van der Waals surface area contributed by atoms with Crippen LogP contribution in [0.4, 0.5) is 13.2 Å². The van der Waals surface area contributed by atoms with Crippen LogP contribution in [0.1, 0.15) is 51.9 Å². The number of halogens is 3. The molecule has 0 saturated heterocycles. The normalized spacial score (nSPS) is 21.1. The van der Waals surface area contributed by atoms with Gasteiger partial charge in [-0.05, 0) is 51.4 Å². The molecule has 3 nitrogen and oxygen atoms in total. The van der Waals surface area contributed by atoms with Gasteiger partial charge in [0.2, 0.25) is 0 Å². The fourth-order valence-corrected chi connectivity index (χ4v) is 2.55. The highest BCUT2D eigenvalue weighted by Gasteiger charge is 2.29. The van der Waals surface area contributed by atoms with Gasteiger partial charge in [-0.25, -0.2) is 0 Å². The molecule has 6 heteroatoms. The summed E-state index contributed by atoms with van der Waals surface area (Å²) in [6, 6.07) is 2.18. The summed E-state index contributed by atoms with van der Waals surface area (Å²) in [5.41, 5.74) is 0.995. The molecule has 1 saturated carbocycles. The Morgan fingerprint density at radius 1 is 1.40 bits per heavy atom. The maximum Gasteiger partial charge on any atom is 0.389 e. The van der Waals surface area contributed by atoms with E-state index >= 15 is 0 Å². The van der Waals surface area contributed by atoms with Gasteiger partial charge in [-0.15, -0.1) is 0 Å². The molecular formula is C14H21F3N2O. The van der Waals surface area contributed by atoms with Crippen LogP contribution in [0.5, 0.6) is 0 Å². The molecule has 0 aliphatic heterocycles. The average molecular weight is 290 g/mol. The van der Waals surface area contributed by atoms with E-state index in [0.717, 1.165) is 31.4 Å². The zero-order valence-electron chi connectivity index (χ0n) is 11.7. The van der Waals surface area contributed by atoms with Crippen LogP contribution in [0.15, 0.2) is 5.16 Å². The summed E-state index contributed by atoms with van der Waals surface area (Å²) in [4.78, 5) is 5.00. The van der Waals surface area contributed by atoms with Crippen LogP contribution in [-0.4, -0.2) is 18.5 Å². The average Bonchev–Trinajstić information content (AvgIpc) is 2.41. The lowest BCUT2D eigenvalue weighted by Crippen LogP contribution is -2.21. The van der Waals surface area contributed by atoms with Gasteiger partial charge in [0, 0.05) is 12.3 Å². The molecule has 1 fully saturated rings. The van der Waals surface area contributed by atoms with E-state index in [9.17, 15) is 13.2 Å². The van der Waals surface area contributed by atoms with E-state index in [1.807, 2.05) is 6.92 Å². The first-order valence-corrected chi connectivity index (χ1v) is 7.10. The Labute approximate surface area is 117 Å². The van der Waals surface area contributed by atoms with E-state index in [1.165, 1.54) is 0 Å². The minimum Gasteiger partial charge on any atom is -0.396 e. The van der Waals surface area contributed by atoms with E-state index in [-0.39, 0.29) is 18.3 Å². The largest absolute Gasteiger partial charge is 0.396 e. The number of oxime groups is 1. The number of nitriles is 1. The highest BCUT2D eigenvalue weighted by molar-refractivity contribution is 5.84. The predicted molar refractivity (Wildman–Crippen MR) is 70.0 cm³/mol. The van der Waals surface area contributed by atoms with Gasteiger partial charge in [0.05, 0.1) is 11.8 Å². The highest BCUT2D eigenvalue weighted by atomic mass is 19.4. The number of rotatable bonds is 6. The highest BCUT2D eigenvalue weighted by Crippen LogP contribution is 2.33. The predicted octanol–water partition coefficient (Wildman–Crippen LogP) is 4.44. The molecule has 0 amide bonds. The molecule has 0 heterocycles. The Bertz CT molecular complexity index is 350. The summed E-state index contributed by atoms with van der Waals surface area (Å²) >= 11 is 0. The van der Waals surface area contributed by atoms with Crippen molar-refractivity contribution in [2.45, 2.75) is 58.0 Å². The summed E-state index contributed by atoms with van der Waals surface area (Å²) in [6.07, 6.45) is -1.36. The van der Waals surface area contributed by atoms with Crippen molar-refractivity contribution in [2.75, 3.05) is 6.61 Å². The van der Waals surface area contributed by atoms with E-state index in [4.69, 9.17) is 10.1 Å². The summed E-state index contributed by atoms with van der Waals surface area (Å²) in [7, 11) is 0. The molecule has 0 N–H and O–H groups in total. The molecule has 0 bridgehead atoms. The van der Waals surface area contributed by atoms with E-state index in [1.54, 1.807) is 0 Å². The summed E-state index contributed by atoms with van der Waals surface area (Å²) < 4.78 is 36.3. The van der Waals surface area contributed by atoms with Crippen LogP contribution in [0.3, 0.4) is 0 Å². The third-order valence-electron chi connectivity index (χ3n) is 3.64. The second-order valence-electron chi connectivity index (χ2n) is 5.16. The van der Waals surface area contributed by atoms with Crippen LogP contribution in [-0.2, 0) is 4.84 Å². The summed E-state index contributed by atoms with van der Waals surface area (Å²) in [6.45, 7) is 2.40. The van der Waals surface area contributed by atoms with Crippen molar-refractivity contribution >= 4 is 5.71 Å². The smallest absolute Gasteiger partial charge is 0.389 e. The first-order valence-electron chi connectivity index (χ1n) is 7.10. The molecular weight excluding hydrogens is 269 g/mol. The lowest BCUT2D eigenvalue weighted by atomic mass is 9.78. The molecule has 1 rings (SSSR count). The molecule has 0 aromatic rings. The standard InChI is InChI=1S/C14H21F3N2O/c1-2-20-19-13-7-5-11(6-8-13)12(10-18)4-3-9-14(15,16)17/h11-12H,2-9H2,1H3. The van der Waals surface area contributed by atoms with Crippen LogP contribution in [0, 0.1) is 23.2 Å². The molecule has 1 unspecified atom stereocenters. The first kappa shape index (κ1) is 16.8. The summed E-state index contributed by atoms with van der Waals surface area (Å²) in [5.74, 6) is -0.0835. The maximum absolute atomic E-state index is 12.1. The van der Waals surface area contributed by atoms with Crippen molar-refractivity contribution in [1.29, 1.82) is 5.26 Å². The lowest BCUT2D eigenvalue weighted by molar-refractivity contribution is -0.136. The van der Waals surface area contributed by atoms with Gasteiger partial charge in [0.15, 0.2) is 0 Å². The van der Waals surface area contributed by atoms with Crippen LogP contribution in [0.2, 0.25) is 0 Å². The molecule has 1 aliphatic carbocycles. The van der Waals surface area contributed by atoms with Crippen LogP contribution < -0.4 is 0 Å². The zero-order valence-corrected chi connectivity index (χ0v) is 11.7. The molecule has 0 spiro atoms. The molecule has 1 atom stereocenters. The Kier molecular flexibility index (Phi) is 6.83. The van der Waals surface area contributed by atoms with Gasteiger partial charge in [-0.2, -0.15) is 18.4 Å². The van der Waals surface area contributed by atoms with Crippen molar-refractivity contribution in [1.82, 2.24) is 0 Å². The number of hydrogen-bond donors (Lipinski definition) is 0. The Morgan fingerprint density at radius 3 is 2.55 bits per heavy atom. The van der Waals surface area contributed by atoms with Crippen molar-refractivity contribution in [3.8, 4) is 6.07 Å².